The summed E-state index contributed by atoms with van der Waals surface area (Å²) in [6.45, 7) is 1.15. The molecule has 0 saturated carbocycles. The number of rotatable bonds is 15. The van der Waals surface area contributed by atoms with E-state index in [9.17, 15) is 28.7 Å². The summed E-state index contributed by atoms with van der Waals surface area (Å²) in [4.78, 5) is 48.2. The van der Waals surface area contributed by atoms with Crippen molar-refractivity contribution in [3.8, 4) is 5.69 Å². The van der Waals surface area contributed by atoms with Crippen LogP contribution < -0.4 is 0 Å². The van der Waals surface area contributed by atoms with Gasteiger partial charge >= 0.3 is 11.9 Å². The molecule has 0 radical (unpaired) electrons. The fraction of sp³-hybridized carbons (Fsp3) is 0.500. The first-order valence-electron chi connectivity index (χ1n) is 11.4. The minimum absolute atomic E-state index is 0.0346. The van der Waals surface area contributed by atoms with Crippen molar-refractivity contribution in [2.45, 2.75) is 57.9 Å². The fourth-order valence-corrected chi connectivity index (χ4v) is 3.66. The molecule has 11 heteroatoms. The minimum atomic E-state index is -1.29. The zero-order chi connectivity index (χ0) is 26.0. The molecule has 1 aromatic carbocycles. The van der Waals surface area contributed by atoms with E-state index in [2.05, 4.69) is 10.3 Å². The third kappa shape index (κ3) is 8.58. The van der Waals surface area contributed by atoms with Crippen molar-refractivity contribution in [1.29, 1.82) is 0 Å². The highest BCUT2D eigenvalue weighted by atomic mass is 19.1. The van der Waals surface area contributed by atoms with E-state index >= 15 is 0 Å². The van der Waals surface area contributed by atoms with Gasteiger partial charge in [0.15, 0.2) is 0 Å². The molecule has 1 amide bonds. The second-order valence-corrected chi connectivity index (χ2v) is 8.49. The van der Waals surface area contributed by atoms with E-state index < -0.39 is 36.5 Å². The topological polar surface area (TPSA) is 143 Å². The summed E-state index contributed by atoms with van der Waals surface area (Å²) >= 11 is 0. The molecular weight excluding hydrogens is 459 g/mol. The van der Waals surface area contributed by atoms with Crippen LogP contribution in [0, 0.1) is 5.92 Å². The van der Waals surface area contributed by atoms with Gasteiger partial charge < -0.3 is 15.1 Å². The van der Waals surface area contributed by atoms with Crippen LogP contribution in [0.4, 0.5) is 4.39 Å². The minimum Gasteiger partial charge on any atom is -0.481 e. The lowest BCUT2D eigenvalue weighted by Crippen LogP contribution is -2.45. The number of carboxylic acids is 2. The zero-order valence-corrected chi connectivity index (χ0v) is 19.9. The number of carbonyl (C=O) groups excluding carboxylic acids is 2. The molecule has 2 rings (SSSR count). The van der Waals surface area contributed by atoms with Crippen LogP contribution in [-0.4, -0.2) is 73.5 Å². The molecule has 10 nitrogen and oxygen atoms in total. The van der Waals surface area contributed by atoms with Gasteiger partial charge in [0, 0.05) is 32.2 Å². The Morgan fingerprint density at radius 2 is 1.77 bits per heavy atom. The lowest BCUT2D eigenvalue weighted by molar-refractivity contribution is -0.151. The quantitative estimate of drug-likeness (QED) is 0.388. The van der Waals surface area contributed by atoms with Gasteiger partial charge in [-0.1, -0.05) is 24.3 Å². The average molecular weight is 491 g/mol. The van der Waals surface area contributed by atoms with Crippen LogP contribution in [0.15, 0.2) is 30.5 Å². The fourth-order valence-electron chi connectivity index (χ4n) is 3.66. The number of hydrogen-bond donors (Lipinski definition) is 2. The number of alkyl halides is 1. The van der Waals surface area contributed by atoms with E-state index in [-0.39, 0.29) is 31.5 Å². The Labute approximate surface area is 202 Å². The average Bonchev–Trinajstić information content (AvgIpc) is 3.29. The highest BCUT2D eigenvalue weighted by molar-refractivity contribution is 5.89. The summed E-state index contributed by atoms with van der Waals surface area (Å²) in [5.41, 5.74) is 2.43. The third-order valence-corrected chi connectivity index (χ3v) is 5.69. The summed E-state index contributed by atoms with van der Waals surface area (Å²) < 4.78 is 13.9. The van der Waals surface area contributed by atoms with Gasteiger partial charge in [-0.2, -0.15) is 0 Å². The van der Waals surface area contributed by atoms with Gasteiger partial charge in [0.25, 0.3) is 0 Å². The molecule has 0 unspecified atom stereocenters. The van der Waals surface area contributed by atoms with Gasteiger partial charge in [-0.05, 0) is 43.4 Å². The van der Waals surface area contributed by atoms with Gasteiger partial charge in [0.2, 0.25) is 5.91 Å². The number of carbonyl (C=O) groups is 4. The van der Waals surface area contributed by atoms with Gasteiger partial charge in [0.05, 0.1) is 24.3 Å². The Bertz CT molecular complexity index is 1020. The molecule has 2 atom stereocenters. The van der Waals surface area contributed by atoms with E-state index in [1.807, 2.05) is 24.3 Å². The second-order valence-electron chi connectivity index (χ2n) is 8.49. The van der Waals surface area contributed by atoms with Crippen LogP contribution in [-0.2, 0) is 32.0 Å². The predicted octanol–water partition coefficient (Wildman–Crippen LogP) is 2.47. The molecule has 0 aliphatic heterocycles. The second kappa shape index (κ2) is 13.3. The highest BCUT2D eigenvalue weighted by Crippen LogP contribution is 2.16. The molecule has 0 fully saturated rings. The van der Waals surface area contributed by atoms with E-state index in [0.717, 1.165) is 16.2 Å². The Hall–Kier alpha value is -3.63. The molecule has 0 aliphatic rings. The maximum atomic E-state index is 12.6. The molecular formula is C24H31FN4O6. The lowest BCUT2D eigenvalue weighted by atomic mass is 9.97. The number of aliphatic carboxylic acids is 2. The number of aromatic nitrogens is 3. The SMILES string of the molecule is C[C@H](CC(=O)CCc1ccc(-n2cc(CCCF)nn2)cc1)C(=O)N(C)[C@@H](CCC(=O)O)C(=O)O. The molecule has 0 spiro atoms. The Morgan fingerprint density at radius 1 is 1.09 bits per heavy atom. The van der Waals surface area contributed by atoms with Crippen molar-refractivity contribution in [1.82, 2.24) is 19.9 Å². The van der Waals surface area contributed by atoms with Crippen LogP contribution in [0.2, 0.25) is 0 Å². The van der Waals surface area contributed by atoms with Gasteiger partial charge in [-0.25, -0.2) is 9.48 Å². The Balaban J connectivity index is 1.86. The van der Waals surface area contributed by atoms with Crippen LogP contribution in [0.5, 0.6) is 0 Å². The summed E-state index contributed by atoms with van der Waals surface area (Å²) in [6.07, 6.45) is 2.75. The van der Waals surface area contributed by atoms with Crippen LogP contribution in [0.25, 0.3) is 5.69 Å². The smallest absolute Gasteiger partial charge is 0.326 e. The molecule has 190 valence electrons. The number of ketones is 1. The summed E-state index contributed by atoms with van der Waals surface area (Å²) in [6, 6.07) is 6.16. The monoisotopic (exact) mass is 490 g/mol. The highest BCUT2D eigenvalue weighted by Gasteiger charge is 2.30. The Kier molecular flexibility index (Phi) is 10.5. The normalized spacial score (nSPS) is 12.7. The summed E-state index contributed by atoms with van der Waals surface area (Å²) in [7, 11) is 1.31. The zero-order valence-electron chi connectivity index (χ0n) is 19.9. The molecule has 1 aromatic heterocycles. The molecule has 2 N–H and O–H groups in total. The standard InChI is InChI=1S/C24H31FN4O6/c1-16(23(33)28(2)21(24(34)35)11-12-22(31)32)14-20(30)10-7-17-5-8-19(9-6-17)29-15-18(26-27-29)4-3-13-25/h5-6,8-9,15-16,21H,3-4,7,10-14H2,1-2H3,(H,31,32)(H,34,35)/t16-,21+/m1/s1. The van der Waals surface area contributed by atoms with Gasteiger partial charge in [0.1, 0.15) is 11.8 Å². The molecule has 0 bridgehead atoms. The van der Waals surface area contributed by atoms with E-state index in [0.29, 0.717) is 25.0 Å². The third-order valence-electron chi connectivity index (χ3n) is 5.69. The largest absolute Gasteiger partial charge is 0.481 e. The molecule has 0 aliphatic carbocycles. The number of amides is 1. The summed E-state index contributed by atoms with van der Waals surface area (Å²) in [5, 5.41) is 26.2. The number of aryl methyl sites for hydroxylation is 2. The number of nitrogens with zero attached hydrogens (tertiary/aromatic N) is 4. The first-order chi connectivity index (χ1) is 16.6. The molecule has 35 heavy (non-hydrogen) atoms. The van der Waals surface area contributed by atoms with E-state index in [1.54, 1.807) is 17.8 Å². The number of carboxylic acid groups (broad SMARTS) is 2. The number of hydrogen-bond acceptors (Lipinski definition) is 6. The van der Waals surface area contributed by atoms with Crippen molar-refractivity contribution in [3.05, 3.63) is 41.7 Å². The molecule has 0 saturated heterocycles. The number of benzene rings is 1. The maximum Gasteiger partial charge on any atom is 0.326 e. The van der Waals surface area contributed by atoms with E-state index in [4.69, 9.17) is 5.11 Å². The Morgan fingerprint density at radius 3 is 2.37 bits per heavy atom. The molecule has 2 aromatic rings. The number of likely N-dealkylation sites (N-methyl/N-ethyl adjacent to an activating group) is 1. The molecule has 1 heterocycles. The lowest BCUT2D eigenvalue weighted by Gasteiger charge is -2.27. The van der Waals surface area contributed by atoms with Crippen LogP contribution in [0.3, 0.4) is 0 Å². The number of Topliss-reactive ketones (excluding diaryl/α,β-unsaturated/α-hetero) is 1. The van der Waals surface area contributed by atoms with Crippen LogP contribution in [0.1, 0.15) is 50.3 Å². The predicted molar refractivity (Wildman–Crippen MR) is 124 cm³/mol. The van der Waals surface area contributed by atoms with Crippen molar-refractivity contribution < 1.29 is 33.8 Å². The van der Waals surface area contributed by atoms with Crippen molar-refractivity contribution in [3.63, 3.8) is 0 Å². The summed E-state index contributed by atoms with van der Waals surface area (Å²) in [5.74, 6) is -3.80. The van der Waals surface area contributed by atoms with Gasteiger partial charge in [-0.3, -0.25) is 18.8 Å². The van der Waals surface area contributed by atoms with Crippen molar-refractivity contribution in [2.24, 2.45) is 5.92 Å². The maximum absolute atomic E-state index is 12.6. The van der Waals surface area contributed by atoms with Gasteiger partial charge in [-0.15, -0.1) is 5.10 Å². The van der Waals surface area contributed by atoms with Crippen LogP contribution >= 0.6 is 0 Å². The van der Waals surface area contributed by atoms with Crippen molar-refractivity contribution in [2.75, 3.05) is 13.7 Å². The number of halogens is 1. The van der Waals surface area contributed by atoms with Crippen molar-refractivity contribution >= 4 is 23.6 Å². The first kappa shape index (κ1) is 27.6. The first-order valence-corrected chi connectivity index (χ1v) is 11.4. The van der Waals surface area contributed by atoms with E-state index in [1.165, 1.54) is 7.05 Å².